The van der Waals surface area contributed by atoms with Crippen LogP contribution in [-0.2, 0) is 24.3 Å². The summed E-state index contributed by atoms with van der Waals surface area (Å²) in [6.45, 7) is 8.74. The van der Waals surface area contributed by atoms with Crippen molar-refractivity contribution in [2.75, 3.05) is 26.2 Å². The number of rotatable bonds is 7. The van der Waals surface area contributed by atoms with E-state index in [-0.39, 0.29) is 5.91 Å². The predicted molar refractivity (Wildman–Crippen MR) is 114 cm³/mol. The Morgan fingerprint density at radius 2 is 2.00 bits per heavy atom. The number of hydrogen-bond acceptors (Lipinski definition) is 4. The first-order valence-corrected chi connectivity index (χ1v) is 10.5. The van der Waals surface area contributed by atoms with Gasteiger partial charge >= 0.3 is 0 Å². The molecule has 0 radical (unpaired) electrons. The Balaban J connectivity index is 1.48. The second-order valence-electron chi connectivity index (χ2n) is 7.57. The lowest BCUT2D eigenvalue weighted by atomic mass is 10.1. The van der Waals surface area contributed by atoms with Gasteiger partial charge in [-0.25, -0.2) is 0 Å². The number of benzene rings is 1. The lowest BCUT2D eigenvalue weighted by molar-refractivity contribution is -0.133. The molecule has 6 nitrogen and oxygen atoms in total. The zero-order chi connectivity index (χ0) is 20.8. The highest BCUT2D eigenvalue weighted by Crippen LogP contribution is 2.17. The van der Waals surface area contributed by atoms with E-state index in [0.717, 1.165) is 54.7 Å². The van der Waals surface area contributed by atoms with Gasteiger partial charge in [0.1, 0.15) is 0 Å². The molecule has 0 atom stereocenters. The molecule has 0 N–H and O–H groups in total. The maximum atomic E-state index is 12.7. The molecule has 0 aliphatic carbocycles. The Bertz CT molecular complexity index is 893. The molecule has 2 heterocycles. The summed E-state index contributed by atoms with van der Waals surface area (Å²) in [7, 11) is 0. The van der Waals surface area contributed by atoms with Gasteiger partial charge < -0.3 is 4.90 Å². The molecule has 154 valence electrons. The van der Waals surface area contributed by atoms with Gasteiger partial charge in [-0.1, -0.05) is 23.7 Å². The van der Waals surface area contributed by atoms with Crippen LogP contribution in [0, 0.1) is 25.2 Å². The summed E-state index contributed by atoms with van der Waals surface area (Å²) in [5, 5.41) is 14.1. The lowest BCUT2D eigenvalue weighted by Gasteiger charge is -2.35. The van der Waals surface area contributed by atoms with Crippen molar-refractivity contribution in [1.29, 1.82) is 5.26 Å². The molecule has 1 aliphatic heterocycles. The Labute approximate surface area is 177 Å². The average molecular weight is 414 g/mol. The van der Waals surface area contributed by atoms with E-state index in [1.54, 1.807) is 0 Å². The van der Waals surface area contributed by atoms with E-state index in [2.05, 4.69) is 22.1 Å². The molecule has 0 saturated carbocycles. The Hall–Kier alpha value is -2.36. The number of piperazine rings is 1. The highest BCUT2D eigenvalue weighted by Gasteiger charge is 2.22. The van der Waals surface area contributed by atoms with Crippen LogP contribution in [0.3, 0.4) is 0 Å². The maximum absolute atomic E-state index is 12.7. The number of nitrogens with zero attached hydrogens (tertiary/aromatic N) is 5. The summed E-state index contributed by atoms with van der Waals surface area (Å²) in [4.78, 5) is 17.0. The molecule has 1 amide bonds. The van der Waals surface area contributed by atoms with E-state index in [1.807, 2.05) is 41.6 Å². The van der Waals surface area contributed by atoms with Crippen LogP contribution in [-0.4, -0.2) is 51.7 Å². The topological polar surface area (TPSA) is 65.2 Å². The molecule has 3 rings (SSSR count). The van der Waals surface area contributed by atoms with E-state index in [9.17, 15) is 4.79 Å². The Morgan fingerprint density at radius 3 is 2.69 bits per heavy atom. The van der Waals surface area contributed by atoms with Gasteiger partial charge in [0, 0.05) is 49.9 Å². The van der Waals surface area contributed by atoms with Crippen molar-refractivity contribution in [3.8, 4) is 6.07 Å². The molecule has 0 spiro atoms. The number of hydrogen-bond donors (Lipinski definition) is 0. The largest absolute Gasteiger partial charge is 0.340 e. The van der Waals surface area contributed by atoms with Gasteiger partial charge in [-0.05, 0) is 43.5 Å². The van der Waals surface area contributed by atoms with Crippen molar-refractivity contribution in [1.82, 2.24) is 19.6 Å². The second-order valence-corrected chi connectivity index (χ2v) is 8.00. The summed E-state index contributed by atoms with van der Waals surface area (Å²) >= 11 is 6.07. The predicted octanol–water partition coefficient (Wildman–Crippen LogP) is 3.34. The first-order valence-electron chi connectivity index (χ1n) is 10.1. The SMILES string of the molecule is Cc1nn(CCC#N)c(C)c1CCC(=O)N1CCN(Cc2cccc(Cl)c2)CC1. The molecular formula is C22H28ClN5O. The van der Waals surface area contributed by atoms with Crippen LogP contribution in [0.1, 0.15) is 35.4 Å². The van der Waals surface area contributed by atoms with Crippen molar-refractivity contribution < 1.29 is 4.79 Å². The van der Waals surface area contributed by atoms with Crippen LogP contribution >= 0.6 is 11.6 Å². The minimum Gasteiger partial charge on any atom is -0.340 e. The van der Waals surface area contributed by atoms with Crippen molar-refractivity contribution >= 4 is 17.5 Å². The summed E-state index contributed by atoms with van der Waals surface area (Å²) < 4.78 is 1.88. The van der Waals surface area contributed by atoms with Crippen molar-refractivity contribution in [3.05, 3.63) is 51.8 Å². The van der Waals surface area contributed by atoms with Gasteiger partial charge in [0.25, 0.3) is 0 Å². The standard InChI is InChI=1S/C22H28ClN5O/c1-17-21(18(2)28(25-17)10-4-9-24)7-8-22(29)27-13-11-26(12-14-27)16-19-5-3-6-20(23)15-19/h3,5-6,15H,4,7-8,10-14,16H2,1-2H3. The molecule has 1 fully saturated rings. The second kappa shape index (κ2) is 9.91. The van der Waals surface area contributed by atoms with Crippen LogP contribution < -0.4 is 0 Å². The zero-order valence-electron chi connectivity index (χ0n) is 17.2. The highest BCUT2D eigenvalue weighted by atomic mass is 35.5. The minimum atomic E-state index is 0.205. The maximum Gasteiger partial charge on any atom is 0.222 e. The van der Waals surface area contributed by atoms with Crippen LogP contribution in [0.2, 0.25) is 5.02 Å². The molecule has 1 saturated heterocycles. The van der Waals surface area contributed by atoms with Gasteiger partial charge in [0.15, 0.2) is 0 Å². The summed E-state index contributed by atoms with van der Waals surface area (Å²) in [5.74, 6) is 0.205. The molecule has 2 aromatic rings. The monoisotopic (exact) mass is 413 g/mol. The van der Waals surface area contributed by atoms with Gasteiger partial charge in [-0.3, -0.25) is 14.4 Å². The van der Waals surface area contributed by atoms with E-state index in [0.29, 0.717) is 25.8 Å². The highest BCUT2D eigenvalue weighted by molar-refractivity contribution is 6.30. The molecule has 0 bridgehead atoms. The number of halogens is 1. The molecular weight excluding hydrogens is 386 g/mol. The first-order chi connectivity index (χ1) is 14.0. The molecule has 1 aromatic carbocycles. The van der Waals surface area contributed by atoms with Crippen LogP contribution in [0.25, 0.3) is 0 Å². The number of carbonyl (C=O) groups excluding carboxylic acids is 1. The van der Waals surface area contributed by atoms with Gasteiger partial charge in [0.05, 0.1) is 24.7 Å². The van der Waals surface area contributed by atoms with Crippen LogP contribution in [0.5, 0.6) is 0 Å². The molecule has 1 aromatic heterocycles. The van der Waals surface area contributed by atoms with Gasteiger partial charge in [-0.15, -0.1) is 0 Å². The van der Waals surface area contributed by atoms with Gasteiger partial charge in [0.2, 0.25) is 5.91 Å². The fraction of sp³-hybridized carbons (Fsp3) is 0.500. The van der Waals surface area contributed by atoms with E-state index >= 15 is 0 Å². The number of aromatic nitrogens is 2. The first kappa shape index (κ1) is 21.4. The quantitative estimate of drug-likeness (QED) is 0.698. The summed E-state index contributed by atoms with van der Waals surface area (Å²) in [6, 6.07) is 10.1. The third-order valence-electron chi connectivity index (χ3n) is 5.58. The van der Waals surface area contributed by atoms with Crippen molar-refractivity contribution in [2.45, 2.75) is 46.2 Å². The Kier molecular flexibility index (Phi) is 7.29. The minimum absolute atomic E-state index is 0.205. The Morgan fingerprint density at radius 1 is 1.24 bits per heavy atom. The fourth-order valence-corrected chi connectivity index (χ4v) is 4.12. The third-order valence-corrected chi connectivity index (χ3v) is 5.81. The zero-order valence-corrected chi connectivity index (χ0v) is 18.0. The average Bonchev–Trinajstić information content (AvgIpc) is 2.98. The molecule has 0 unspecified atom stereocenters. The van der Waals surface area contributed by atoms with Crippen molar-refractivity contribution in [3.63, 3.8) is 0 Å². The van der Waals surface area contributed by atoms with Crippen LogP contribution in [0.15, 0.2) is 24.3 Å². The number of amides is 1. The van der Waals surface area contributed by atoms with E-state index in [1.165, 1.54) is 5.56 Å². The molecule has 7 heteroatoms. The number of carbonyl (C=O) groups is 1. The number of aryl methyl sites for hydroxylation is 2. The van der Waals surface area contributed by atoms with Crippen LogP contribution in [0.4, 0.5) is 0 Å². The van der Waals surface area contributed by atoms with E-state index < -0.39 is 0 Å². The normalized spacial score (nSPS) is 14.8. The third kappa shape index (κ3) is 5.59. The number of nitriles is 1. The summed E-state index contributed by atoms with van der Waals surface area (Å²) in [6.07, 6.45) is 1.64. The fourth-order valence-electron chi connectivity index (χ4n) is 3.91. The smallest absolute Gasteiger partial charge is 0.222 e. The molecule has 29 heavy (non-hydrogen) atoms. The van der Waals surface area contributed by atoms with Gasteiger partial charge in [-0.2, -0.15) is 10.4 Å². The molecule has 1 aliphatic rings. The lowest BCUT2D eigenvalue weighted by Crippen LogP contribution is -2.48. The van der Waals surface area contributed by atoms with E-state index in [4.69, 9.17) is 16.9 Å². The summed E-state index contributed by atoms with van der Waals surface area (Å²) in [5.41, 5.74) is 4.36. The van der Waals surface area contributed by atoms with Crippen molar-refractivity contribution in [2.24, 2.45) is 0 Å².